The first-order valence-electron chi connectivity index (χ1n) is 17.7. The summed E-state index contributed by atoms with van der Waals surface area (Å²) in [5.41, 5.74) is 1.84. The fraction of sp³-hybridized carbons (Fsp3) is 0.244. The van der Waals surface area contributed by atoms with E-state index < -0.39 is 69.5 Å². The van der Waals surface area contributed by atoms with Crippen LogP contribution in [0.5, 0.6) is 11.5 Å². The van der Waals surface area contributed by atoms with Gasteiger partial charge < -0.3 is 9.84 Å². The number of hydrogen-bond donors (Lipinski definition) is 2. The molecule has 0 bridgehead atoms. The first-order chi connectivity index (χ1) is 27.1. The molecule has 8 rings (SSSR count). The molecule has 4 amide bonds. The summed E-state index contributed by atoms with van der Waals surface area (Å²) >= 11 is 16.0. The average Bonchev–Trinajstić information content (AvgIpc) is 3.56. The molecule has 3 aromatic carbocycles. The van der Waals surface area contributed by atoms with Gasteiger partial charge in [0, 0.05) is 21.6 Å². The fourth-order valence-electron chi connectivity index (χ4n) is 8.88. The monoisotopic (exact) mass is 880 g/mol. The van der Waals surface area contributed by atoms with E-state index in [1.165, 1.54) is 18.1 Å². The highest BCUT2D eigenvalue weighted by Gasteiger charge is 2.69. The number of ether oxygens (including phenoxy) is 1. The molecule has 1 aromatic heterocycles. The number of phenolic OH excluding ortho intramolecular Hbond substituents is 1. The zero-order chi connectivity index (χ0) is 40.6. The SMILES string of the molecule is COc1cc(C=C[C@H]2C3=CC[C@@H]4C(=O)N(c5ccc(Br)cc5)C(=O)[C@@H]4[C@@H]3C[C@H]3C(=O)N(Nc4ncc(C(F)(F)F)cc4Cl)C(=O)[C@@]23c2ccc(Cl)cc2)ccc1O. The molecule has 2 N–H and O–H groups in total. The van der Waals surface area contributed by atoms with Crippen LogP contribution in [0.2, 0.25) is 10.0 Å². The lowest BCUT2D eigenvalue weighted by molar-refractivity contribution is -0.139. The Bertz CT molecular complexity index is 2410. The first-order valence-corrected chi connectivity index (χ1v) is 19.2. The van der Waals surface area contributed by atoms with Crippen LogP contribution in [-0.4, -0.2) is 45.8 Å². The second kappa shape index (κ2) is 14.3. The molecule has 3 fully saturated rings. The van der Waals surface area contributed by atoms with E-state index in [0.717, 1.165) is 9.48 Å². The van der Waals surface area contributed by atoms with Gasteiger partial charge in [0.2, 0.25) is 11.8 Å². The lowest BCUT2D eigenvalue weighted by Crippen LogP contribution is -2.54. The van der Waals surface area contributed by atoms with E-state index in [1.54, 1.807) is 72.8 Å². The van der Waals surface area contributed by atoms with Gasteiger partial charge in [0.05, 0.1) is 46.6 Å². The van der Waals surface area contributed by atoms with Crippen LogP contribution >= 0.6 is 39.1 Å². The van der Waals surface area contributed by atoms with Gasteiger partial charge in [-0.05, 0) is 84.5 Å². The smallest absolute Gasteiger partial charge is 0.417 e. The van der Waals surface area contributed by atoms with Gasteiger partial charge in [-0.15, -0.1) is 0 Å². The summed E-state index contributed by atoms with van der Waals surface area (Å²) in [5, 5.41) is 10.9. The lowest BCUT2D eigenvalue weighted by Gasteiger charge is -2.49. The number of methoxy groups -OCH3 is 1. The minimum absolute atomic E-state index is 0.0306. The number of hydrazine groups is 1. The van der Waals surface area contributed by atoms with Gasteiger partial charge in [0.15, 0.2) is 17.3 Å². The molecule has 4 aliphatic rings. The third kappa shape index (κ3) is 6.29. The number of aromatic hydroxyl groups is 1. The zero-order valence-electron chi connectivity index (χ0n) is 29.6. The summed E-state index contributed by atoms with van der Waals surface area (Å²) in [6.07, 6.45) is 1.30. The molecule has 1 saturated carbocycles. The summed E-state index contributed by atoms with van der Waals surface area (Å²) in [6.45, 7) is 0. The van der Waals surface area contributed by atoms with Crippen LogP contribution in [0.4, 0.5) is 24.7 Å². The number of allylic oxidation sites excluding steroid dienone is 3. The number of nitrogens with one attached hydrogen (secondary N) is 1. The molecule has 10 nitrogen and oxygen atoms in total. The number of pyridine rings is 1. The number of anilines is 2. The molecule has 57 heavy (non-hydrogen) atoms. The van der Waals surface area contributed by atoms with Crippen molar-refractivity contribution in [2.75, 3.05) is 17.4 Å². The molecule has 16 heteroatoms. The highest BCUT2D eigenvalue weighted by Crippen LogP contribution is 2.62. The van der Waals surface area contributed by atoms with Crippen molar-refractivity contribution in [1.82, 2.24) is 9.99 Å². The molecule has 3 heterocycles. The third-order valence-electron chi connectivity index (χ3n) is 11.4. The van der Waals surface area contributed by atoms with E-state index in [1.807, 2.05) is 6.08 Å². The number of amides is 4. The maximum atomic E-state index is 15.3. The van der Waals surface area contributed by atoms with E-state index >= 15 is 4.79 Å². The minimum Gasteiger partial charge on any atom is -0.504 e. The van der Waals surface area contributed by atoms with Gasteiger partial charge in [-0.1, -0.05) is 81.1 Å². The van der Waals surface area contributed by atoms with Crippen LogP contribution in [0.15, 0.2) is 101 Å². The number of aromatic nitrogens is 1. The fourth-order valence-corrected chi connectivity index (χ4v) is 9.48. The predicted molar refractivity (Wildman–Crippen MR) is 208 cm³/mol. The summed E-state index contributed by atoms with van der Waals surface area (Å²) in [7, 11) is 1.40. The van der Waals surface area contributed by atoms with E-state index in [-0.39, 0.29) is 36.1 Å². The van der Waals surface area contributed by atoms with Crippen molar-refractivity contribution in [1.29, 1.82) is 0 Å². The lowest BCUT2D eigenvalue weighted by atomic mass is 9.50. The topological polar surface area (TPSA) is 129 Å². The molecule has 4 aromatic rings. The summed E-state index contributed by atoms with van der Waals surface area (Å²) < 4.78 is 46.6. The van der Waals surface area contributed by atoms with E-state index in [2.05, 4.69) is 26.3 Å². The Kier molecular flexibility index (Phi) is 9.73. The molecule has 2 aliphatic heterocycles. The highest BCUT2D eigenvalue weighted by atomic mass is 79.9. The van der Waals surface area contributed by atoms with Crippen molar-refractivity contribution in [2.24, 2.45) is 29.6 Å². The quantitative estimate of drug-likeness (QED) is 0.140. The van der Waals surface area contributed by atoms with E-state index in [9.17, 15) is 32.7 Å². The Morgan fingerprint density at radius 2 is 1.68 bits per heavy atom. The number of hydrogen-bond acceptors (Lipinski definition) is 8. The van der Waals surface area contributed by atoms with Gasteiger partial charge in [-0.25, -0.2) is 4.98 Å². The Balaban J connectivity index is 1.29. The third-order valence-corrected chi connectivity index (χ3v) is 12.5. The van der Waals surface area contributed by atoms with Gasteiger partial charge in [-0.3, -0.25) is 29.5 Å². The second-order valence-electron chi connectivity index (χ2n) is 14.2. The number of nitrogens with zero attached hydrogens (tertiary/aromatic N) is 3. The molecule has 0 radical (unpaired) electrons. The van der Waals surface area contributed by atoms with Crippen molar-refractivity contribution < 1.29 is 42.2 Å². The zero-order valence-corrected chi connectivity index (χ0v) is 32.7. The average molecular weight is 883 g/mol. The second-order valence-corrected chi connectivity index (χ2v) is 16.0. The van der Waals surface area contributed by atoms with Crippen LogP contribution in [0, 0.1) is 29.6 Å². The molecular formula is C41H30BrCl2F3N4O6. The number of imide groups is 2. The van der Waals surface area contributed by atoms with Crippen LogP contribution in [0.1, 0.15) is 29.5 Å². The maximum absolute atomic E-state index is 15.3. The molecule has 2 saturated heterocycles. The Morgan fingerprint density at radius 3 is 2.35 bits per heavy atom. The maximum Gasteiger partial charge on any atom is 0.417 e. The molecule has 292 valence electrons. The van der Waals surface area contributed by atoms with E-state index in [0.29, 0.717) is 39.7 Å². The largest absolute Gasteiger partial charge is 0.504 e. The molecule has 6 atom stereocenters. The van der Waals surface area contributed by atoms with Gasteiger partial charge >= 0.3 is 6.18 Å². The van der Waals surface area contributed by atoms with Gasteiger partial charge in [-0.2, -0.15) is 18.2 Å². The molecule has 2 aliphatic carbocycles. The van der Waals surface area contributed by atoms with Crippen molar-refractivity contribution in [2.45, 2.75) is 24.4 Å². The normalized spacial score (nSPS) is 25.7. The minimum atomic E-state index is -4.75. The number of fused-ring (bicyclic) bond motifs is 4. The number of benzene rings is 3. The standard InChI is InChI=1S/C41H30BrCl2F3N4O6/c1-57-33-16-20(3-15-32(33)52)2-14-29-26-12-13-27-34(38(55)50(36(27)53)25-10-6-23(42)7-11-25)28(26)18-30-37(54)51(39(56)40(29,30)21-4-8-24(43)9-5-21)49-35-31(44)17-22(19-48-35)41(45,46)47/h2-12,14-17,19,27-30,34,52H,13,18H2,1H3,(H,48,49)/t27-,28+,29-,30-,34-,40-/m0/s1. The Labute approximate surface area is 342 Å². The number of alkyl halides is 3. The Morgan fingerprint density at radius 1 is 0.965 bits per heavy atom. The Hall–Kier alpha value is -5.18. The number of phenols is 1. The van der Waals surface area contributed by atoms with Crippen molar-refractivity contribution in [3.63, 3.8) is 0 Å². The van der Waals surface area contributed by atoms with Crippen LogP contribution in [-0.2, 0) is 30.8 Å². The van der Waals surface area contributed by atoms with Crippen LogP contribution in [0.25, 0.3) is 6.08 Å². The van der Waals surface area contributed by atoms with Crippen LogP contribution < -0.4 is 15.1 Å². The number of carbonyl (C=O) groups is 4. The van der Waals surface area contributed by atoms with Crippen molar-refractivity contribution >= 4 is 80.3 Å². The van der Waals surface area contributed by atoms with Crippen LogP contribution in [0.3, 0.4) is 0 Å². The molecule has 0 unspecified atom stereocenters. The van der Waals surface area contributed by atoms with E-state index in [4.69, 9.17) is 27.9 Å². The van der Waals surface area contributed by atoms with Gasteiger partial charge in [0.25, 0.3) is 11.8 Å². The summed E-state index contributed by atoms with van der Waals surface area (Å²) in [4.78, 5) is 63.5. The summed E-state index contributed by atoms with van der Waals surface area (Å²) in [5.74, 6) is -6.94. The molecule has 0 spiro atoms. The van der Waals surface area contributed by atoms with Crippen molar-refractivity contribution in [3.05, 3.63) is 128 Å². The first kappa shape index (κ1) is 38.7. The number of rotatable bonds is 7. The summed E-state index contributed by atoms with van der Waals surface area (Å²) in [6, 6.07) is 18.6. The highest BCUT2D eigenvalue weighted by molar-refractivity contribution is 9.10. The number of carbonyl (C=O) groups excluding carboxylic acids is 4. The molecular weight excluding hydrogens is 852 g/mol. The predicted octanol–water partition coefficient (Wildman–Crippen LogP) is 8.62. The van der Waals surface area contributed by atoms with Gasteiger partial charge in [0.1, 0.15) is 0 Å². The number of halogens is 6. The van der Waals surface area contributed by atoms with Crippen molar-refractivity contribution in [3.8, 4) is 11.5 Å².